The molecule has 0 saturated heterocycles. The molecule has 0 aliphatic carbocycles. The van der Waals surface area contributed by atoms with Crippen molar-refractivity contribution in [2.75, 3.05) is 18.4 Å². The van der Waals surface area contributed by atoms with Gasteiger partial charge in [0.1, 0.15) is 0 Å². The standard InChI is InChI=1S/C14H19BrN2O3/c1-3-8-17(9-13(18)19)10(2)14(20)16-12-6-4-11(15)5-7-12/h4-7,10H,3,8-9H2,1-2H3,(H,16,20)(H,18,19). The molecule has 0 radical (unpaired) electrons. The maximum absolute atomic E-state index is 12.1. The SMILES string of the molecule is CCCN(CC(=O)O)C(C)C(=O)Nc1ccc(Br)cc1. The van der Waals surface area contributed by atoms with Crippen LogP contribution in [0.15, 0.2) is 28.7 Å². The quantitative estimate of drug-likeness (QED) is 0.798. The summed E-state index contributed by atoms with van der Waals surface area (Å²) in [6, 6.07) is 6.75. The molecule has 1 atom stereocenters. The molecule has 20 heavy (non-hydrogen) atoms. The van der Waals surface area contributed by atoms with E-state index in [0.717, 1.165) is 10.9 Å². The second-order valence-corrected chi connectivity index (χ2v) is 5.45. The number of carboxylic acids is 1. The summed E-state index contributed by atoms with van der Waals surface area (Å²) in [5, 5.41) is 11.7. The molecule has 1 amide bonds. The van der Waals surface area contributed by atoms with E-state index in [4.69, 9.17) is 5.11 Å². The highest BCUT2D eigenvalue weighted by Crippen LogP contribution is 2.15. The van der Waals surface area contributed by atoms with Gasteiger partial charge in [0.2, 0.25) is 5.91 Å². The van der Waals surface area contributed by atoms with E-state index in [9.17, 15) is 9.59 Å². The number of carbonyl (C=O) groups excluding carboxylic acids is 1. The number of hydrogen-bond donors (Lipinski definition) is 2. The summed E-state index contributed by atoms with van der Waals surface area (Å²) in [4.78, 5) is 24.6. The monoisotopic (exact) mass is 342 g/mol. The van der Waals surface area contributed by atoms with Gasteiger partial charge < -0.3 is 10.4 Å². The average molecular weight is 343 g/mol. The normalized spacial score (nSPS) is 12.2. The van der Waals surface area contributed by atoms with Crippen LogP contribution < -0.4 is 5.32 Å². The first-order valence-electron chi connectivity index (χ1n) is 6.46. The third-order valence-electron chi connectivity index (χ3n) is 2.89. The van der Waals surface area contributed by atoms with E-state index < -0.39 is 12.0 Å². The number of rotatable bonds is 7. The highest BCUT2D eigenvalue weighted by Gasteiger charge is 2.22. The van der Waals surface area contributed by atoms with Gasteiger partial charge in [0.05, 0.1) is 12.6 Å². The van der Waals surface area contributed by atoms with Crippen molar-refractivity contribution in [3.8, 4) is 0 Å². The summed E-state index contributed by atoms with van der Waals surface area (Å²) in [5.74, 6) is -1.14. The minimum atomic E-state index is -0.929. The Bertz CT molecular complexity index is 462. The van der Waals surface area contributed by atoms with E-state index >= 15 is 0 Å². The fourth-order valence-electron chi connectivity index (χ4n) is 1.82. The van der Waals surface area contributed by atoms with Crippen LogP contribution in [0.5, 0.6) is 0 Å². The lowest BCUT2D eigenvalue weighted by molar-refractivity contribution is -0.139. The molecule has 0 fully saturated rings. The molecule has 0 saturated carbocycles. The Morgan fingerprint density at radius 2 is 1.95 bits per heavy atom. The molecule has 1 aromatic carbocycles. The van der Waals surface area contributed by atoms with E-state index in [-0.39, 0.29) is 12.5 Å². The fraction of sp³-hybridized carbons (Fsp3) is 0.429. The summed E-state index contributed by atoms with van der Waals surface area (Å²) in [6.45, 7) is 4.10. The average Bonchev–Trinajstić information content (AvgIpc) is 2.39. The van der Waals surface area contributed by atoms with Crippen LogP contribution in [0, 0.1) is 0 Å². The number of benzene rings is 1. The molecule has 0 bridgehead atoms. The molecule has 0 spiro atoms. The van der Waals surface area contributed by atoms with E-state index in [2.05, 4.69) is 21.2 Å². The molecule has 0 aliphatic heterocycles. The zero-order valence-electron chi connectivity index (χ0n) is 11.6. The van der Waals surface area contributed by atoms with Gasteiger partial charge in [0.25, 0.3) is 0 Å². The second-order valence-electron chi connectivity index (χ2n) is 4.54. The third kappa shape index (κ3) is 5.30. The number of hydrogen-bond acceptors (Lipinski definition) is 3. The number of carboxylic acid groups (broad SMARTS) is 1. The molecule has 1 aromatic rings. The van der Waals surface area contributed by atoms with Crippen LogP contribution in [0.2, 0.25) is 0 Å². The van der Waals surface area contributed by atoms with Gasteiger partial charge in [-0.1, -0.05) is 22.9 Å². The number of halogens is 1. The van der Waals surface area contributed by atoms with Crippen molar-refractivity contribution in [3.05, 3.63) is 28.7 Å². The van der Waals surface area contributed by atoms with E-state index in [1.807, 2.05) is 19.1 Å². The Labute approximate surface area is 127 Å². The number of nitrogens with one attached hydrogen (secondary N) is 1. The van der Waals surface area contributed by atoms with Gasteiger partial charge in [-0.15, -0.1) is 0 Å². The number of aliphatic carboxylic acids is 1. The summed E-state index contributed by atoms with van der Waals surface area (Å²) >= 11 is 3.33. The van der Waals surface area contributed by atoms with Crippen molar-refractivity contribution < 1.29 is 14.7 Å². The van der Waals surface area contributed by atoms with E-state index in [1.54, 1.807) is 24.0 Å². The highest BCUT2D eigenvalue weighted by molar-refractivity contribution is 9.10. The molecule has 0 heterocycles. The maximum atomic E-state index is 12.1. The van der Waals surface area contributed by atoms with Crippen LogP contribution in [-0.2, 0) is 9.59 Å². The topological polar surface area (TPSA) is 69.6 Å². The predicted octanol–water partition coefficient (Wildman–Crippen LogP) is 2.57. The van der Waals surface area contributed by atoms with Gasteiger partial charge >= 0.3 is 5.97 Å². The summed E-state index contributed by atoms with van der Waals surface area (Å²) in [7, 11) is 0. The Balaban J connectivity index is 2.67. The van der Waals surface area contributed by atoms with Gasteiger partial charge in [-0.2, -0.15) is 0 Å². The minimum absolute atomic E-state index is 0.136. The van der Waals surface area contributed by atoms with Crippen LogP contribution >= 0.6 is 15.9 Å². The van der Waals surface area contributed by atoms with E-state index in [1.165, 1.54) is 0 Å². The van der Waals surface area contributed by atoms with Crippen molar-refractivity contribution in [3.63, 3.8) is 0 Å². The largest absolute Gasteiger partial charge is 0.480 e. The lowest BCUT2D eigenvalue weighted by Crippen LogP contribution is -2.44. The molecule has 1 unspecified atom stereocenters. The zero-order chi connectivity index (χ0) is 15.1. The van der Waals surface area contributed by atoms with Gasteiger partial charge in [-0.3, -0.25) is 14.5 Å². The predicted molar refractivity (Wildman–Crippen MR) is 81.7 cm³/mol. The van der Waals surface area contributed by atoms with Gasteiger partial charge in [-0.25, -0.2) is 0 Å². The minimum Gasteiger partial charge on any atom is -0.480 e. The molecular formula is C14H19BrN2O3. The van der Waals surface area contributed by atoms with Gasteiger partial charge in [0.15, 0.2) is 0 Å². The smallest absolute Gasteiger partial charge is 0.317 e. The molecule has 0 aromatic heterocycles. The zero-order valence-corrected chi connectivity index (χ0v) is 13.2. The molecular weight excluding hydrogens is 324 g/mol. The van der Waals surface area contributed by atoms with E-state index in [0.29, 0.717) is 12.2 Å². The van der Waals surface area contributed by atoms with Crippen LogP contribution in [0.25, 0.3) is 0 Å². The van der Waals surface area contributed by atoms with Crippen LogP contribution in [0.3, 0.4) is 0 Å². The number of carbonyl (C=O) groups is 2. The lowest BCUT2D eigenvalue weighted by Gasteiger charge is -2.26. The van der Waals surface area contributed by atoms with Crippen LogP contribution in [0.1, 0.15) is 20.3 Å². The van der Waals surface area contributed by atoms with Crippen molar-refractivity contribution >= 4 is 33.5 Å². The lowest BCUT2D eigenvalue weighted by atomic mass is 10.2. The molecule has 110 valence electrons. The first-order chi connectivity index (χ1) is 9.43. The summed E-state index contributed by atoms with van der Waals surface area (Å²) in [5.41, 5.74) is 0.692. The second kappa shape index (κ2) is 8.01. The molecule has 0 aliphatic rings. The Morgan fingerprint density at radius 1 is 1.35 bits per heavy atom. The molecule has 5 nitrogen and oxygen atoms in total. The maximum Gasteiger partial charge on any atom is 0.317 e. The highest BCUT2D eigenvalue weighted by atomic mass is 79.9. The van der Waals surface area contributed by atoms with Crippen molar-refractivity contribution in [2.24, 2.45) is 0 Å². The van der Waals surface area contributed by atoms with Crippen molar-refractivity contribution in [2.45, 2.75) is 26.3 Å². The van der Waals surface area contributed by atoms with Crippen molar-refractivity contribution in [1.29, 1.82) is 0 Å². The van der Waals surface area contributed by atoms with Crippen LogP contribution in [0.4, 0.5) is 5.69 Å². The van der Waals surface area contributed by atoms with Gasteiger partial charge in [0, 0.05) is 10.2 Å². The molecule has 2 N–H and O–H groups in total. The van der Waals surface area contributed by atoms with Gasteiger partial charge in [-0.05, 0) is 44.2 Å². The number of amides is 1. The Morgan fingerprint density at radius 3 is 2.45 bits per heavy atom. The Kier molecular flexibility index (Phi) is 6.67. The third-order valence-corrected chi connectivity index (χ3v) is 3.42. The Hall–Kier alpha value is -1.40. The molecule has 1 rings (SSSR count). The first kappa shape index (κ1) is 16.7. The van der Waals surface area contributed by atoms with Crippen LogP contribution in [-0.4, -0.2) is 41.0 Å². The van der Waals surface area contributed by atoms with Crippen molar-refractivity contribution in [1.82, 2.24) is 4.90 Å². The number of nitrogens with zero attached hydrogens (tertiary/aromatic N) is 1. The number of anilines is 1. The fourth-order valence-corrected chi connectivity index (χ4v) is 2.08. The summed E-state index contributed by atoms with van der Waals surface area (Å²) in [6.07, 6.45) is 0.795. The molecule has 6 heteroatoms. The first-order valence-corrected chi connectivity index (χ1v) is 7.25. The summed E-state index contributed by atoms with van der Waals surface area (Å²) < 4.78 is 0.932.